The van der Waals surface area contributed by atoms with Crippen molar-refractivity contribution in [3.05, 3.63) is 38.7 Å². The van der Waals surface area contributed by atoms with Gasteiger partial charge in [-0.15, -0.1) is 21.5 Å². The molecule has 1 atom stereocenters. The molecule has 0 spiro atoms. The van der Waals surface area contributed by atoms with Crippen LogP contribution < -0.4 is 4.74 Å². The lowest BCUT2D eigenvalue weighted by atomic mass is 10.1. The Hall–Kier alpha value is -2.19. The average Bonchev–Trinajstić information content (AvgIpc) is 3.14. The molecule has 3 rings (SSSR count). The van der Waals surface area contributed by atoms with Gasteiger partial charge >= 0.3 is 0 Å². The van der Waals surface area contributed by atoms with Gasteiger partial charge in [0.05, 0.1) is 17.1 Å². The zero-order valence-electron chi connectivity index (χ0n) is 13.1. The SMILES string of the molecule is CCc1nnc(C2C(=N)SC(=Cc3ccc(O)c(OC)c3)C2=O)s1. The van der Waals surface area contributed by atoms with E-state index in [1.807, 2.05) is 6.92 Å². The van der Waals surface area contributed by atoms with Gasteiger partial charge in [0, 0.05) is 0 Å². The summed E-state index contributed by atoms with van der Waals surface area (Å²) in [7, 11) is 1.47. The number of nitrogens with one attached hydrogen (secondary N) is 1. The number of phenolic OH excluding ortho intramolecular Hbond substituents is 1. The minimum Gasteiger partial charge on any atom is -0.504 e. The smallest absolute Gasteiger partial charge is 0.186 e. The van der Waals surface area contributed by atoms with E-state index >= 15 is 0 Å². The van der Waals surface area contributed by atoms with Crippen LogP contribution in [0.2, 0.25) is 0 Å². The third kappa shape index (κ3) is 3.07. The van der Waals surface area contributed by atoms with E-state index in [0.717, 1.165) is 28.8 Å². The summed E-state index contributed by atoms with van der Waals surface area (Å²) in [4.78, 5) is 13.1. The molecule has 0 radical (unpaired) electrons. The van der Waals surface area contributed by atoms with Crippen LogP contribution in [0.3, 0.4) is 0 Å². The van der Waals surface area contributed by atoms with Crippen LogP contribution >= 0.6 is 23.1 Å². The Bertz CT molecular complexity index is 845. The van der Waals surface area contributed by atoms with Gasteiger partial charge in [-0.1, -0.05) is 24.8 Å². The number of ether oxygens (including phenoxy) is 1. The van der Waals surface area contributed by atoms with Crippen molar-refractivity contribution in [3.8, 4) is 11.5 Å². The maximum Gasteiger partial charge on any atom is 0.186 e. The van der Waals surface area contributed by atoms with Crippen molar-refractivity contribution in [1.82, 2.24) is 10.2 Å². The highest BCUT2D eigenvalue weighted by Gasteiger charge is 2.39. The Balaban J connectivity index is 1.90. The molecular weight excluding hydrogens is 346 g/mol. The van der Waals surface area contributed by atoms with Gasteiger partial charge in [-0.25, -0.2) is 0 Å². The molecule has 2 aromatic rings. The van der Waals surface area contributed by atoms with Gasteiger partial charge in [0.15, 0.2) is 17.3 Å². The molecule has 0 aliphatic carbocycles. The zero-order valence-corrected chi connectivity index (χ0v) is 14.7. The van der Waals surface area contributed by atoms with Crippen molar-refractivity contribution in [2.45, 2.75) is 19.3 Å². The predicted octanol–water partition coefficient (Wildman–Crippen LogP) is 3.23. The quantitative estimate of drug-likeness (QED) is 0.812. The Labute approximate surface area is 147 Å². The second kappa shape index (κ2) is 6.74. The zero-order chi connectivity index (χ0) is 17.3. The third-order valence-corrected chi connectivity index (χ3v) is 5.65. The molecule has 2 N–H and O–H groups in total. The van der Waals surface area contributed by atoms with Gasteiger partial charge in [0.1, 0.15) is 15.9 Å². The summed E-state index contributed by atoms with van der Waals surface area (Å²) in [5, 5.41) is 27.6. The number of benzene rings is 1. The second-order valence-corrected chi connectivity index (χ2v) is 7.27. The molecule has 1 unspecified atom stereocenters. The number of allylic oxidation sites excluding steroid dienone is 1. The molecule has 0 bridgehead atoms. The number of carbonyl (C=O) groups excluding carboxylic acids is 1. The minimum absolute atomic E-state index is 0.0385. The Kier molecular flexibility index (Phi) is 4.68. The van der Waals surface area contributed by atoms with Crippen LogP contribution in [0.15, 0.2) is 23.1 Å². The number of aryl methyl sites for hydroxylation is 1. The molecule has 2 heterocycles. The number of aromatic hydroxyl groups is 1. The lowest BCUT2D eigenvalue weighted by Gasteiger charge is -2.04. The molecule has 1 saturated heterocycles. The van der Waals surface area contributed by atoms with E-state index in [-0.39, 0.29) is 16.6 Å². The summed E-state index contributed by atoms with van der Waals surface area (Å²) in [5.74, 6) is -0.423. The lowest BCUT2D eigenvalue weighted by molar-refractivity contribution is -0.114. The van der Waals surface area contributed by atoms with Gasteiger partial charge in [-0.05, 0) is 30.2 Å². The van der Waals surface area contributed by atoms with Crippen molar-refractivity contribution in [2.75, 3.05) is 7.11 Å². The first-order chi connectivity index (χ1) is 11.5. The number of aromatic nitrogens is 2. The summed E-state index contributed by atoms with van der Waals surface area (Å²) in [5.41, 5.74) is 0.723. The first kappa shape index (κ1) is 16.7. The van der Waals surface area contributed by atoms with Crippen LogP contribution in [0, 0.1) is 5.41 Å². The Morgan fingerprint density at radius 3 is 2.88 bits per heavy atom. The fraction of sp³-hybridized carbons (Fsp3) is 0.250. The van der Waals surface area contributed by atoms with Crippen LogP contribution in [-0.4, -0.2) is 33.2 Å². The van der Waals surface area contributed by atoms with Crippen molar-refractivity contribution < 1.29 is 14.6 Å². The first-order valence-corrected chi connectivity index (χ1v) is 8.88. The van der Waals surface area contributed by atoms with Crippen LogP contribution in [0.25, 0.3) is 6.08 Å². The standard InChI is InChI=1S/C16H15N3O3S2/c1-3-12-18-19-16(24-12)13-14(21)11(23-15(13)17)7-8-4-5-9(20)10(6-8)22-2/h4-7,13,17,20H,3H2,1-2H3. The van der Waals surface area contributed by atoms with Crippen LogP contribution in [0.5, 0.6) is 11.5 Å². The molecule has 1 fully saturated rings. The van der Waals surface area contributed by atoms with E-state index in [0.29, 0.717) is 15.7 Å². The molecular formula is C16H15N3O3S2. The molecule has 8 heteroatoms. The van der Waals surface area contributed by atoms with Gasteiger partial charge in [0.25, 0.3) is 0 Å². The number of phenols is 1. The summed E-state index contributed by atoms with van der Waals surface area (Å²) >= 11 is 2.51. The molecule has 124 valence electrons. The Morgan fingerprint density at radius 1 is 1.42 bits per heavy atom. The molecule has 1 aliphatic heterocycles. The van der Waals surface area contributed by atoms with Crippen LogP contribution in [0.1, 0.15) is 28.4 Å². The topological polar surface area (TPSA) is 96.2 Å². The van der Waals surface area contributed by atoms with Crippen LogP contribution in [0.4, 0.5) is 0 Å². The minimum atomic E-state index is -0.655. The third-order valence-electron chi connectivity index (χ3n) is 3.52. The van der Waals surface area contributed by atoms with E-state index in [9.17, 15) is 9.90 Å². The molecule has 0 saturated carbocycles. The highest BCUT2D eigenvalue weighted by molar-refractivity contribution is 8.19. The number of ketones is 1. The fourth-order valence-electron chi connectivity index (χ4n) is 2.28. The second-order valence-electron chi connectivity index (χ2n) is 5.09. The fourth-order valence-corrected chi connectivity index (χ4v) is 4.23. The van der Waals surface area contributed by atoms with Gasteiger partial charge in [-0.3, -0.25) is 10.2 Å². The number of Topliss-reactive ketones (excluding diaryl/α,β-unsaturated/α-hetero) is 1. The van der Waals surface area contributed by atoms with E-state index < -0.39 is 5.92 Å². The highest BCUT2D eigenvalue weighted by atomic mass is 32.2. The van der Waals surface area contributed by atoms with Crippen molar-refractivity contribution >= 4 is 40.0 Å². The highest BCUT2D eigenvalue weighted by Crippen LogP contribution is 2.41. The number of nitrogens with zero attached hydrogens (tertiary/aromatic N) is 2. The number of methoxy groups -OCH3 is 1. The maximum absolute atomic E-state index is 12.7. The van der Waals surface area contributed by atoms with E-state index in [1.165, 1.54) is 24.5 Å². The number of carbonyl (C=O) groups is 1. The molecule has 0 amide bonds. The van der Waals surface area contributed by atoms with E-state index in [1.54, 1.807) is 18.2 Å². The van der Waals surface area contributed by atoms with Crippen molar-refractivity contribution in [3.63, 3.8) is 0 Å². The summed E-state index contributed by atoms with van der Waals surface area (Å²) in [6.07, 6.45) is 2.46. The number of thioether (sulfide) groups is 1. The van der Waals surface area contributed by atoms with Crippen LogP contribution in [-0.2, 0) is 11.2 Å². The largest absolute Gasteiger partial charge is 0.504 e. The summed E-state index contributed by atoms with van der Waals surface area (Å²) in [6.45, 7) is 1.98. The normalized spacial score (nSPS) is 19.2. The average molecular weight is 361 g/mol. The Morgan fingerprint density at radius 2 is 2.21 bits per heavy atom. The molecule has 24 heavy (non-hydrogen) atoms. The molecule has 1 aliphatic rings. The van der Waals surface area contributed by atoms with Crippen molar-refractivity contribution in [1.29, 1.82) is 5.41 Å². The predicted molar refractivity (Wildman–Crippen MR) is 95.0 cm³/mol. The first-order valence-electron chi connectivity index (χ1n) is 7.25. The molecule has 6 nitrogen and oxygen atoms in total. The van der Waals surface area contributed by atoms with Gasteiger partial charge in [-0.2, -0.15) is 0 Å². The van der Waals surface area contributed by atoms with Crippen molar-refractivity contribution in [2.24, 2.45) is 0 Å². The van der Waals surface area contributed by atoms with Gasteiger partial charge in [0.2, 0.25) is 0 Å². The molecule has 1 aromatic carbocycles. The van der Waals surface area contributed by atoms with Gasteiger partial charge < -0.3 is 9.84 Å². The van der Waals surface area contributed by atoms with E-state index in [4.69, 9.17) is 10.1 Å². The number of rotatable bonds is 4. The maximum atomic E-state index is 12.7. The summed E-state index contributed by atoms with van der Waals surface area (Å²) < 4.78 is 5.07. The van der Waals surface area contributed by atoms with E-state index in [2.05, 4.69) is 10.2 Å². The summed E-state index contributed by atoms with van der Waals surface area (Å²) in [6, 6.07) is 4.85. The number of hydrogen-bond donors (Lipinski definition) is 2. The molecule has 1 aromatic heterocycles. The number of hydrogen-bond acceptors (Lipinski definition) is 8. The lowest BCUT2D eigenvalue weighted by Crippen LogP contribution is -2.11. The monoisotopic (exact) mass is 361 g/mol.